The van der Waals surface area contributed by atoms with Crippen LogP contribution in [0.15, 0.2) is 0 Å². The van der Waals surface area contributed by atoms with Crippen LogP contribution in [-0.2, 0) is 19.1 Å². The highest BCUT2D eigenvalue weighted by atomic mass is 32.1. The molecule has 0 radical (unpaired) electrons. The summed E-state index contributed by atoms with van der Waals surface area (Å²) in [7, 11) is 2.89. The molecule has 0 aromatic heterocycles. The Kier molecular flexibility index (Phi) is 4.86. The Labute approximate surface area is 118 Å². The average molecular weight is 291 g/mol. The SMILES string of the molecule is COC1(OC)C[C@@H](C(=O)O)N(C(=O)C(C)(C)CS)C1. The Balaban J connectivity index is 3.04. The van der Waals surface area contributed by atoms with Crippen LogP contribution < -0.4 is 0 Å². The van der Waals surface area contributed by atoms with Gasteiger partial charge in [-0.25, -0.2) is 4.79 Å². The topological polar surface area (TPSA) is 76.1 Å². The normalized spacial score (nSPS) is 22.6. The number of methoxy groups -OCH3 is 2. The lowest BCUT2D eigenvalue weighted by molar-refractivity contribution is -0.197. The second-order valence-electron chi connectivity index (χ2n) is 5.35. The maximum Gasteiger partial charge on any atom is 0.326 e. The van der Waals surface area contributed by atoms with Gasteiger partial charge in [0.1, 0.15) is 6.04 Å². The van der Waals surface area contributed by atoms with Crippen molar-refractivity contribution in [3.05, 3.63) is 0 Å². The molecule has 6 nitrogen and oxygen atoms in total. The van der Waals surface area contributed by atoms with Crippen molar-refractivity contribution < 1.29 is 24.2 Å². The smallest absolute Gasteiger partial charge is 0.326 e. The van der Waals surface area contributed by atoms with Crippen molar-refractivity contribution in [1.29, 1.82) is 0 Å². The van der Waals surface area contributed by atoms with Gasteiger partial charge in [0.15, 0.2) is 5.79 Å². The third-order valence-electron chi connectivity index (χ3n) is 3.56. The quantitative estimate of drug-likeness (QED) is 0.573. The minimum absolute atomic E-state index is 0.104. The van der Waals surface area contributed by atoms with Crippen LogP contribution in [0.2, 0.25) is 0 Å². The molecule has 1 saturated heterocycles. The summed E-state index contributed by atoms with van der Waals surface area (Å²) in [6.45, 7) is 3.58. The van der Waals surface area contributed by atoms with Crippen LogP contribution >= 0.6 is 12.6 Å². The third kappa shape index (κ3) is 3.04. The molecule has 0 aromatic carbocycles. The van der Waals surface area contributed by atoms with Gasteiger partial charge >= 0.3 is 5.97 Å². The highest BCUT2D eigenvalue weighted by Gasteiger charge is 2.51. The van der Waals surface area contributed by atoms with E-state index >= 15 is 0 Å². The molecule has 0 unspecified atom stereocenters. The molecule has 19 heavy (non-hydrogen) atoms. The molecule has 0 aliphatic carbocycles. The van der Waals surface area contributed by atoms with E-state index in [-0.39, 0.29) is 18.9 Å². The van der Waals surface area contributed by atoms with E-state index in [9.17, 15) is 14.7 Å². The lowest BCUT2D eigenvalue weighted by Crippen LogP contribution is -2.48. The number of carbonyl (C=O) groups excluding carboxylic acids is 1. The van der Waals surface area contributed by atoms with Crippen molar-refractivity contribution in [1.82, 2.24) is 4.90 Å². The minimum Gasteiger partial charge on any atom is -0.480 e. The van der Waals surface area contributed by atoms with E-state index < -0.39 is 23.2 Å². The maximum atomic E-state index is 12.4. The minimum atomic E-state index is -1.06. The molecule has 0 bridgehead atoms. The van der Waals surface area contributed by atoms with Gasteiger partial charge in [0, 0.05) is 26.4 Å². The molecular weight excluding hydrogens is 270 g/mol. The number of rotatable bonds is 5. The van der Waals surface area contributed by atoms with Gasteiger partial charge in [0.05, 0.1) is 12.0 Å². The van der Waals surface area contributed by atoms with Gasteiger partial charge in [-0.2, -0.15) is 12.6 Å². The first-order valence-electron chi connectivity index (χ1n) is 5.98. The van der Waals surface area contributed by atoms with Crippen LogP contribution in [0.25, 0.3) is 0 Å². The standard InChI is InChI=1S/C12H21NO5S/c1-11(2,7-19)10(16)13-6-12(17-3,18-4)5-8(13)9(14)15/h8,19H,5-7H2,1-4H3,(H,14,15)/t8-/m0/s1. The molecule has 0 saturated carbocycles. The summed E-state index contributed by atoms with van der Waals surface area (Å²) < 4.78 is 10.5. The summed E-state index contributed by atoms with van der Waals surface area (Å²) in [4.78, 5) is 25.1. The molecule has 1 N–H and O–H groups in total. The van der Waals surface area contributed by atoms with E-state index in [1.807, 2.05) is 0 Å². The first-order valence-corrected chi connectivity index (χ1v) is 6.61. The van der Waals surface area contributed by atoms with Crippen molar-refractivity contribution in [3.8, 4) is 0 Å². The molecule has 7 heteroatoms. The monoisotopic (exact) mass is 291 g/mol. The van der Waals surface area contributed by atoms with Gasteiger partial charge in [-0.15, -0.1) is 0 Å². The summed E-state index contributed by atoms with van der Waals surface area (Å²) in [5.74, 6) is -2.03. The zero-order chi connectivity index (χ0) is 14.8. The third-order valence-corrected chi connectivity index (χ3v) is 4.35. The molecular formula is C12H21NO5S. The summed E-state index contributed by atoms with van der Waals surface area (Å²) in [5, 5.41) is 9.27. The van der Waals surface area contributed by atoms with E-state index in [1.54, 1.807) is 13.8 Å². The fraction of sp³-hybridized carbons (Fsp3) is 0.833. The van der Waals surface area contributed by atoms with Gasteiger partial charge in [0.25, 0.3) is 0 Å². The molecule has 0 aromatic rings. The number of hydrogen-bond acceptors (Lipinski definition) is 5. The number of nitrogens with zero attached hydrogens (tertiary/aromatic N) is 1. The fourth-order valence-corrected chi connectivity index (χ4v) is 2.24. The highest BCUT2D eigenvalue weighted by Crippen LogP contribution is 2.34. The van der Waals surface area contributed by atoms with Gasteiger partial charge in [-0.3, -0.25) is 4.79 Å². The largest absolute Gasteiger partial charge is 0.480 e. The Morgan fingerprint density at radius 2 is 1.95 bits per heavy atom. The summed E-state index contributed by atoms with van der Waals surface area (Å²) in [6, 6.07) is -0.938. The molecule has 1 amide bonds. The van der Waals surface area contributed by atoms with E-state index in [0.717, 1.165) is 0 Å². The molecule has 1 rings (SSSR count). The fourth-order valence-electron chi connectivity index (χ4n) is 2.11. The number of carboxylic acids is 1. The van der Waals surface area contributed by atoms with Crippen molar-refractivity contribution in [3.63, 3.8) is 0 Å². The van der Waals surface area contributed by atoms with Crippen LogP contribution in [0.5, 0.6) is 0 Å². The van der Waals surface area contributed by atoms with Gasteiger partial charge < -0.3 is 19.5 Å². The number of likely N-dealkylation sites (tertiary alicyclic amines) is 1. The maximum absolute atomic E-state index is 12.4. The number of amides is 1. The number of carbonyl (C=O) groups is 2. The van der Waals surface area contributed by atoms with Crippen LogP contribution in [0, 0.1) is 5.41 Å². The molecule has 110 valence electrons. The molecule has 1 aliphatic rings. The van der Waals surface area contributed by atoms with Gasteiger partial charge in [-0.05, 0) is 0 Å². The summed E-state index contributed by atoms with van der Waals surface area (Å²) in [6.07, 6.45) is 0.115. The zero-order valence-electron chi connectivity index (χ0n) is 11.7. The second kappa shape index (κ2) is 5.68. The van der Waals surface area contributed by atoms with Crippen molar-refractivity contribution in [2.75, 3.05) is 26.5 Å². The Morgan fingerprint density at radius 3 is 2.32 bits per heavy atom. The molecule has 1 fully saturated rings. The van der Waals surface area contributed by atoms with Crippen LogP contribution in [-0.4, -0.2) is 60.2 Å². The van der Waals surface area contributed by atoms with E-state index in [0.29, 0.717) is 5.75 Å². The first-order chi connectivity index (χ1) is 8.73. The number of thiol groups is 1. The predicted molar refractivity (Wildman–Crippen MR) is 72.1 cm³/mol. The van der Waals surface area contributed by atoms with Gasteiger partial charge in [0.2, 0.25) is 5.91 Å². The zero-order valence-corrected chi connectivity index (χ0v) is 12.6. The number of hydrogen-bond donors (Lipinski definition) is 2. The van der Waals surface area contributed by atoms with E-state index in [2.05, 4.69) is 12.6 Å². The van der Waals surface area contributed by atoms with Crippen LogP contribution in [0.4, 0.5) is 0 Å². The number of aliphatic carboxylic acids is 1. The lowest BCUT2D eigenvalue weighted by Gasteiger charge is -2.31. The Bertz CT molecular complexity index is 367. The summed E-state index contributed by atoms with van der Waals surface area (Å²) >= 11 is 4.15. The predicted octanol–water partition coefficient (Wildman–Crippen LogP) is 0.617. The molecule has 1 heterocycles. The number of carboxylic acid groups (broad SMARTS) is 1. The van der Waals surface area contributed by atoms with E-state index in [1.165, 1.54) is 19.1 Å². The Hall–Kier alpha value is -0.790. The van der Waals surface area contributed by atoms with Crippen LogP contribution in [0.1, 0.15) is 20.3 Å². The molecule has 0 spiro atoms. The van der Waals surface area contributed by atoms with Crippen molar-refractivity contribution in [2.45, 2.75) is 32.1 Å². The second-order valence-corrected chi connectivity index (χ2v) is 5.67. The molecule has 1 atom stereocenters. The number of ether oxygens (including phenoxy) is 2. The van der Waals surface area contributed by atoms with Crippen molar-refractivity contribution in [2.24, 2.45) is 5.41 Å². The summed E-state index contributed by atoms with van der Waals surface area (Å²) in [5.41, 5.74) is -0.728. The van der Waals surface area contributed by atoms with Crippen LogP contribution in [0.3, 0.4) is 0 Å². The van der Waals surface area contributed by atoms with Gasteiger partial charge in [-0.1, -0.05) is 13.8 Å². The first kappa shape index (κ1) is 16.3. The Morgan fingerprint density at radius 1 is 1.42 bits per heavy atom. The highest BCUT2D eigenvalue weighted by molar-refractivity contribution is 7.80. The van der Waals surface area contributed by atoms with E-state index in [4.69, 9.17) is 9.47 Å². The lowest BCUT2D eigenvalue weighted by atomic mass is 9.94. The average Bonchev–Trinajstić information content (AvgIpc) is 2.78. The van der Waals surface area contributed by atoms with Crippen molar-refractivity contribution >= 4 is 24.5 Å². The molecule has 1 aliphatic heterocycles.